The average molecular weight is 403 g/mol. The Labute approximate surface area is 179 Å². The minimum absolute atomic E-state index is 0.299. The van der Waals surface area contributed by atoms with Gasteiger partial charge in [-0.05, 0) is 42.3 Å². The molecule has 0 unspecified atom stereocenters. The van der Waals surface area contributed by atoms with Crippen LogP contribution in [-0.4, -0.2) is 61.8 Å². The molecule has 4 heteroatoms. The van der Waals surface area contributed by atoms with Crippen molar-refractivity contribution in [2.45, 2.75) is 6.42 Å². The van der Waals surface area contributed by atoms with Crippen LogP contribution in [0.5, 0.6) is 11.5 Å². The number of phenolic OH excluding ortho intramolecular Hbond substituents is 1. The summed E-state index contributed by atoms with van der Waals surface area (Å²) in [5.41, 5.74) is 5.34. The van der Waals surface area contributed by atoms with Crippen LogP contribution in [0.1, 0.15) is 5.56 Å². The van der Waals surface area contributed by atoms with Gasteiger partial charge in [-0.1, -0.05) is 54.6 Å². The maximum atomic E-state index is 10.1. The second-order valence-electron chi connectivity index (χ2n) is 8.02. The van der Waals surface area contributed by atoms with E-state index in [0.29, 0.717) is 5.75 Å². The minimum Gasteiger partial charge on any atom is -0.507 e. The molecule has 0 atom stereocenters. The zero-order valence-electron chi connectivity index (χ0n) is 17.8. The Kier molecular flexibility index (Phi) is 6.36. The second-order valence-corrected chi connectivity index (χ2v) is 8.02. The van der Waals surface area contributed by atoms with E-state index in [1.54, 1.807) is 13.2 Å². The van der Waals surface area contributed by atoms with E-state index in [9.17, 15) is 5.11 Å². The molecule has 0 bridgehead atoms. The van der Waals surface area contributed by atoms with Gasteiger partial charge in [0, 0.05) is 43.9 Å². The monoisotopic (exact) mass is 402 g/mol. The van der Waals surface area contributed by atoms with Crippen molar-refractivity contribution in [3.05, 3.63) is 72.3 Å². The number of rotatable bonds is 6. The molecule has 1 aliphatic rings. The lowest BCUT2D eigenvalue weighted by Gasteiger charge is -2.32. The summed E-state index contributed by atoms with van der Waals surface area (Å²) in [6.07, 6.45) is 1.03. The van der Waals surface area contributed by atoms with E-state index in [-0.39, 0.29) is 0 Å². The molecule has 1 saturated heterocycles. The first kappa shape index (κ1) is 20.5. The van der Waals surface area contributed by atoms with E-state index in [4.69, 9.17) is 4.74 Å². The van der Waals surface area contributed by atoms with Crippen molar-refractivity contribution in [2.75, 3.05) is 46.9 Å². The molecule has 0 radical (unpaired) electrons. The van der Waals surface area contributed by atoms with Gasteiger partial charge in [0.1, 0.15) is 11.5 Å². The number of hydrogen-bond acceptors (Lipinski definition) is 4. The molecule has 4 nitrogen and oxygen atoms in total. The third-order valence-electron chi connectivity index (χ3n) is 5.99. The van der Waals surface area contributed by atoms with Gasteiger partial charge in [0.05, 0.1) is 7.11 Å². The highest BCUT2D eigenvalue weighted by Gasteiger charge is 2.14. The van der Waals surface area contributed by atoms with Crippen molar-refractivity contribution in [2.24, 2.45) is 0 Å². The molecule has 0 aromatic heterocycles. The number of aromatic hydroxyl groups is 1. The number of benzene rings is 3. The van der Waals surface area contributed by atoms with Gasteiger partial charge < -0.3 is 19.6 Å². The van der Waals surface area contributed by atoms with Crippen molar-refractivity contribution in [1.82, 2.24) is 9.80 Å². The molecule has 0 saturated carbocycles. The number of nitrogens with zero attached hydrogens (tertiary/aromatic N) is 2. The average Bonchev–Trinajstić information content (AvgIpc) is 2.79. The highest BCUT2D eigenvalue weighted by atomic mass is 16.5. The standard InChI is InChI=1S/C26H30N2O2/c1-27-15-17-28(18-16-27)14-13-20-7-12-24(26(19-20)30-2)22-10-8-21(9-11-22)23-5-3-4-6-25(23)29/h3-12,19,29H,13-18H2,1-2H3. The van der Waals surface area contributed by atoms with E-state index in [1.807, 2.05) is 30.3 Å². The smallest absolute Gasteiger partial charge is 0.126 e. The fraction of sp³-hybridized carbons (Fsp3) is 0.308. The Bertz CT molecular complexity index is 977. The van der Waals surface area contributed by atoms with Gasteiger partial charge in [-0.3, -0.25) is 0 Å². The predicted molar refractivity (Wildman–Crippen MR) is 123 cm³/mol. The number of hydrogen-bond donors (Lipinski definition) is 1. The number of para-hydroxylation sites is 1. The van der Waals surface area contributed by atoms with E-state index in [1.165, 1.54) is 5.56 Å². The first-order chi connectivity index (χ1) is 14.6. The summed E-state index contributed by atoms with van der Waals surface area (Å²) in [6.45, 7) is 5.69. The van der Waals surface area contributed by atoms with Crippen LogP contribution in [0.25, 0.3) is 22.3 Å². The Hall–Kier alpha value is -2.82. The molecule has 0 amide bonds. The van der Waals surface area contributed by atoms with Crippen molar-refractivity contribution >= 4 is 0 Å². The van der Waals surface area contributed by atoms with Crippen molar-refractivity contribution in [3.63, 3.8) is 0 Å². The number of phenols is 1. The summed E-state index contributed by atoms with van der Waals surface area (Å²) in [6, 6.07) is 22.2. The highest BCUT2D eigenvalue weighted by molar-refractivity contribution is 5.76. The summed E-state index contributed by atoms with van der Waals surface area (Å²) in [4.78, 5) is 4.93. The normalized spacial score (nSPS) is 15.3. The molecule has 3 aromatic carbocycles. The Morgan fingerprint density at radius 1 is 0.833 bits per heavy atom. The molecular weight excluding hydrogens is 372 g/mol. The summed E-state index contributed by atoms with van der Waals surface area (Å²) >= 11 is 0. The zero-order chi connectivity index (χ0) is 20.9. The number of ether oxygens (including phenoxy) is 1. The van der Waals surface area contributed by atoms with Gasteiger partial charge in [-0.2, -0.15) is 0 Å². The fourth-order valence-corrected chi connectivity index (χ4v) is 4.04. The molecule has 0 aliphatic carbocycles. The van der Waals surface area contributed by atoms with Crippen LogP contribution in [0.15, 0.2) is 66.7 Å². The topological polar surface area (TPSA) is 35.9 Å². The molecule has 1 N–H and O–H groups in total. The van der Waals surface area contributed by atoms with Crippen LogP contribution in [0.2, 0.25) is 0 Å². The van der Waals surface area contributed by atoms with Gasteiger partial charge in [-0.15, -0.1) is 0 Å². The van der Waals surface area contributed by atoms with E-state index in [0.717, 1.165) is 67.1 Å². The molecule has 1 aliphatic heterocycles. The third kappa shape index (κ3) is 4.66. The quantitative estimate of drug-likeness (QED) is 0.657. The van der Waals surface area contributed by atoms with Crippen LogP contribution in [0.3, 0.4) is 0 Å². The molecule has 30 heavy (non-hydrogen) atoms. The summed E-state index contributed by atoms with van der Waals surface area (Å²) in [5.74, 6) is 1.20. The summed E-state index contributed by atoms with van der Waals surface area (Å²) in [5, 5.41) is 10.1. The third-order valence-corrected chi connectivity index (χ3v) is 5.99. The van der Waals surface area contributed by atoms with Gasteiger partial charge in [0.25, 0.3) is 0 Å². The lowest BCUT2D eigenvalue weighted by atomic mass is 9.98. The molecule has 1 fully saturated rings. The fourth-order valence-electron chi connectivity index (χ4n) is 4.04. The highest BCUT2D eigenvalue weighted by Crippen LogP contribution is 2.34. The van der Waals surface area contributed by atoms with Gasteiger partial charge in [0.2, 0.25) is 0 Å². The number of piperazine rings is 1. The zero-order valence-corrected chi connectivity index (χ0v) is 17.8. The van der Waals surface area contributed by atoms with Crippen LogP contribution < -0.4 is 4.74 Å². The first-order valence-corrected chi connectivity index (χ1v) is 10.6. The first-order valence-electron chi connectivity index (χ1n) is 10.6. The van der Waals surface area contributed by atoms with E-state index >= 15 is 0 Å². The Morgan fingerprint density at radius 3 is 2.17 bits per heavy atom. The lowest BCUT2D eigenvalue weighted by Crippen LogP contribution is -2.45. The lowest BCUT2D eigenvalue weighted by molar-refractivity contribution is 0.155. The number of likely N-dealkylation sites (N-methyl/N-ethyl adjacent to an activating group) is 1. The van der Waals surface area contributed by atoms with E-state index < -0.39 is 0 Å². The molecule has 3 aromatic rings. The van der Waals surface area contributed by atoms with Crippen molar-refractivity contribution in [1.29, 1.82) is 0 Å². The van der Waals surface area contributed by atoms with Crippen LogP contribution in [-0.2, 0) is 6.42 Å². The van der Waals surface area contributed by atoms with E-state index in [2.05, 4.69) is 47.2 Å². The van der Waals surface area contributed by atoms with Crippen molar-refractivity contribution in [3.8, 4) is 33.8 Å². The van der Waals surface area contributed by atoms with Gasteiger partial charge in [-0.25, -0.2) is 0 Å². The SMILES string of the molecule is COc1cc(CCN2CCN(C)CC2)ccc1-c1ccc(-c2ccccc2O)cc1. The molecule has 0 spiro atoms. The number of methoxy groups -OCH3 is 1. The van der Waals surface area contributed by atoms with Gasteiger partial charge in [0.15, 0.2) is 0 Å². The Morgan fingerprint density at radius 2 is 1.50 bits per heavy atom. The second kappa shape index (κ2) is 9.33. The van der Waals surface area contributed by atoms with Crippen LogP contribution >= 0.6 is 0 Å². The van der Waals surface area contributed by atoms with Crippen LogP contribution in [0.4, 0.5) is 0 Å². The predicted octanol–water partition coefficient (Wildman–Crippen LogP) is 4.52. The maximum Gasteiger partial charge on any atom is 0.126 e. The van der Waals surface area contributed by atoms with Crippen molar-refractivity contribution < 1.29 is 9.84 Å². The van der Waals surface area contributed by atoms with Gasteiger partial charge >= 0.3 is 0 Å². The summed E-state index contributed by atoms with van der Waals surface area (Å²) < 4.78 is 5.72. The summed E-state index contributed by atoms with van der Waals surface area (Å²) in [7, 11) is 3.93. The maximum absolute atomic E-state index is 10.1. The minimum atomic E-state index is 0.299. The molecule has 156 valence electrons. The Balaban J connectivity index is 1.48. The largest absolute Gasteiger partial charge is 0.507 e. The molecule has 1 heterocycles. The molecule has 4 rings (SSSR count). The molecular formula is C26H30N2O2. The van der Waals surface area contributed by atoms with Crippen LogP contribution in [0, 0.1) is 0 Å².